The van der Waals surface area contributed by atoms with Crippen molar-refractivity contribution < 1.29 is 0 Å². The fourth-order valence-electron chi connectivity index (χ4n) is 1.48. The number of hydrogen-bond donors (Lipinski definition) is 1. The number of nitrogens with zero attached hydrogens (tertiary/aromatic N) is 1. The summed E-state index contributed by atoms with van der Waals surface area (Å²) in [7, 11) is 0. The molecule has 0 aliphatic heterocycles. The molecule has 0 saturated heterocycles. The summed E-state index contributed by atoms with van der Waals surface area (Å²) in [6.45, 7) is 2.08. The van der Waals surface area contributed by atoms with Crippen LogP contribution in [0.15, 0.2) is 28.7 Å². The summed E-state index contributed by atoms with van der Waals surface area (Å²) in [5.41, 5.74) is 7.87. The zero-order chi connectivity index (χ0) is 10.1. The first-order valence-electron chi connectivity index (χ1n) is 4.55. The number of aryl methyl sites for hydroxylation is 1. The molecule has 0 aliphatic carbocycles. The average Bonchev–Trinajstić information content (AvgIpc) is 2.16. The van der Waals surface area contributed by atoms with Crippen molar-refractivity contribution in [3.8, 4) is 0 Å². The Balaban J connectivity index is 2.73. The van der Waals surface area contributed by atoms with Gasteiger partial charge in [-0.05, 0) is 30.2 Å². The summed E-state index contributed by atoms with van der Waals surface area (Å²) in [6, 6.07) is 8.14. The molecule has 0 saturated carbocycles. The Morgan fingerprint density at radius 3 is 2.86 bits per heavy atom. The fourth-order valence-corrected chi connectivity index (χ4v) is 1.83. The van der Waals surface area contributed by atoms with Crippen molar-refractivity contribution >= 4 is 32.7 Å². The van der Waals surface area contributed by atoms with Crippen LogP contribution >= 0.6 is 15.9 Å². The van der Waals surface area contributed by atoms with Crippen LogP contribution in [0.25, 0.3) is 10.9 Å². The van der Waals surface area contributed by atoms with E-state index in [-0.39, 0.29) is 0 Å². The summed E-state index contributed by atoms with van der Waals surface area (Å²) in [5.74, 6) is 0.637. The average molecular weight is 251 g/mol. The molecule has 0 spiro atoms. The first-order valence-corrected chi connectivity index (χ1v) is 5.34. The molecule has 2 rings (SSSR count). The minimum atomic E-state index is 0.637. The summed E-state index contributed by atoms with van der Waals surface area (Å²) >= 11 is 3.41. The molecule has 0 unspecified atom stereocenters. The molecule has 0 bridgehead atoms. The van der Waals surface area contributed by atoms with Crippen LogP contribution in [-0.2, 0) is 6.42 Å². The van der Waals surface area contributed by atoms with Crippen LogP contribution in [0.2, 0.25) is 0 Å². The number of halogens is 1. The molecule has 0 radical (unpaired) electrons. The van der Waals surface area contributed by atoms with Crippen LogP contribution in [0, 0.1) is 0 Å². The van der Waals surface area contributed by atoms with Gasteiger partial charge in [-0.25, -0.2) is 4.98 Å². The van der Waals surface area contributed by atoms with E-state index in [1.165, 1.54) is 0 Å². The zero-order valence-electron chi connectivity index (χ0n) is 7.92. The molecule has 1 aromatic heterocycles. The van der Waals surface area contributed by atoms with E-state index in [1.54, 1.807) is 0 Å². The summed E-state index contributed by atoms with van der Waals surface area (Å²) < 4.78 is 1.03. The second-order valence-corrected chi connectivity index (χ2v) is 4.14. The monoisotopic (exact) mass is 250 g/mol. The molecule has 2 N–H and O–H groups in total. The van der Waals surface area contributed by atoms with E-state index >= 15 is 0 Å². The van der Waals surface area contributed by atoms with Gasteiger partial charge in [-0.3, -0.25) is 0 Å². The molecule has 0 aliphatic rings. The number of nitrogens with two attached hydrogens (primary N) is 1. The number of rotatable bonds is 1. The lowest BCUT2D eigenvalue weighted by Crippen LogP contribution is -1.96. The number of hydrogen-bond acceptors (Lipinski definition) is 2. The van der Waals surface area contributed by atoms with Crippen LogP contribution < -0.4 is 5.73 Å². The van der Waals surface area contributed by atoms with Crippen LogP contribution in [0.5, 0.6) is 0 Å². The Bertz CT molecular complexity index is 480. The highest BCUT2D eigenvalue weighted by atomic mass is 79.9. The highest BCUT2D eigenvalue weighted by Crippen LogP contribution is 2.22. The third kappa shape index (κ3) is 1.60. The Morgan fingerprint density at radius 2 is 2.14 bits per heavy atom. The van der Waals surface area contributed by atoms with Gasteiger partial charge in [0.1, 0.15) is 5.82 Å². The molecule has 2 nitrogen and oxygen atoms in total. The van der Waals surface area contributed by atoms with E-state index in [0.29, 0.717) is 5.82 Å². The summed E-state index contributed by atoms with van der Waals surface area (Å²) in [6.07, 6.45) is 0.921. The quantitative estimate of drug-likeness (QED) is 0.845. The topological polar surface area (TPSA) is 38.9 Å². The Hall–Kier alpha value is -1.09. The number of fused-ring (bicyclic) bond motifs is 1. The largest absolute Gasteiger partial charge is 0.383 e. The Kier molecular flexibility index (Phi) is 2.42. The van der Waals surface area contributed by atoms with Gasteiger partial charge in [-0.15, -0.1) is 0 Å². The first kappa shape index (κ1) is 9.46. The lowest BCUT2D eigenvalue weighted by Gasteiger charge is -2.04. The lowest BCUT2D eigenvalue weighted by molar-refractivity contribution is 1.13. The summed E-state index contributed by atoms with van der Waals surface area (Å²) in [4.78, 5) is 4.36. The van der Waals surface area contributed by atoms with Gasteiger partial charge in [0, 0.05) is 9.86 Å². The van der Waals surface area contributed by atoms with Gasteiger partial charge in [0.2, 0.25) is 0 Å². The molecular weight excluding hydrogens is 240 g/mol. The Labute approximate surface area is 91.3 Å². The maximum atomic E-state index is 5.82. The predicted octanol–water partition coefficient (Wildman–Crippen LogP) is 3.14. The maximum Gasteiger partial charge on any atom is 0.127 e. The highest BCUT2D eigenvalue weighted by Gasteiger charge is 2.02. The molecule has 14 heavy (non-hydrogen) atoms. The molecule has 72 valence electrons. The van der Waals surface area contributed by atoms with Crippen LogP contribution in [0.3, 0.4) is 0 Å². The van der Waals surface area contributed by atoms with Crippen molar-refractivity contribution in [3.05, 3.63) is 34.3 Å². The second kappa shape index (κ2) is 3.58. The second-order valence-electron chi connectivity index (χ2n) is 3.22. The maximum absolute atomic E-state index is 5.82. The Morgan fingerprint density at radius 1 is 1.36 bits per heavy atom. The van der Waals surface area contributed by atoms with Crippen molar-refractivity contribution in [1.82, 2.24) is 4.98 Å². The third-order valence-electron chi connectivity index (χ3n) is 2.27. The van der Waals surface area contributed by atoms with Gasteiger partial charge in [0.15, 0.2) is 0 Å². The van der Waals surface area contributed by atoms with Crippen LogP contribution in [0.4, 0.5) is 5.82 Å². The number of pyridine rings is 1. The molecule has 2 aromatic rings. The SMILES string of the molecule is CCc1cc2ccc(Br)cc2nc1N. The van der Waals surface area contributed by atoms with E-state index in [2.05, 4.69) is 33.9 Å². The smallest absolute Gasteiger partial charge is 0.127 e. The normalized spacial score (nSPS) is 10.7. The van der Waals surface area contributed by atoms with E-state index < -0.39 is 0 Å². The van der Waals surface area contributed by atoms with Crippen molar-refractivity contribution in [2.24, 2.45) is 0 Å². The van der Waals surface area contributed by atoms with Crippen molar-refractivity contribution in [3.63, 3.8) is 0 Å². The lowest BCUT2D eigenvalue weighted by atomic mass is 10.1. The molecule has 0 atom stereocenters. The summed E-state index contributed by atoms with van der Waals surface area (Å²) in [5, 5.41) is 1.14. The minimum Gasteiger partial charge on any atom is -0.383 e. The predicted molar refractivity (Wildman–Crippen MR) is 63.2 cm³/mol. The zero-order valence-corrected chi connectivity index (χ0v) is 9.51. The van der Waals surface area contributed by atoms with Gasteiger partial charge in [0.05, 0.1) is 5.52 Å². The van der Waals surface area contributed by atoms with Gasteiger partial charge in [-0.1, -0.05) is 28.9 Å². The van der Waals surface area contributed by atoms with E-state index in [0.717, 1.165) is 27.4 Å². The standard InChI is InChI=1S/C11H11BrN2/c1-2-7-5-8-3-4-9(12)6-10(8)14-11(7)13/h3-6H,2H2,1H3,(H2,13,14). The van der Waals surface area contributed by atoms with E-state index in [1.807, 2.05) is 18.2 Å². The highest BCUT2D eigenvalue weighted by molar-refractivity contribution is 9.10. The van der Waals surface area contributed by atoms with Gasteiger partial charge in [0.25, 0.3) is 0 Å². The van der Waals surface area contributed by atoms with Crippen LogP contribution in [0.1, 0.15) is 12.5 Å². The third-order valence-corrected chi connectivity index (χ3v) is 2.77. The molecule has 1 heterocycles. The molecule has 0 fully saturated rings. The van der Waals surface area contributed by atoms with Crippen molar-refractivity contribution in [2.45, 2.75) is 13.3 Å². The first-order chi connectivity index (χ1) is 6.70. The van der Waals surface area contributed by atoms with E-state index in [9.17, 15) is 0 Å². The molecule has 3 heteroatoms. The van der Waals surface area contributed by atoms with Crippen LogP contribution in [-0.4, -0.2) is 4.98 Å². The fraction of sp³-hybridized carbons (Fsp3) is 0.182. The van der Waals surface area contributed by atoms with Gasteiger partial charge < -0.3 is 5.73 Å². The minimum absolute atomic E-state index is 0.637. The van der Waals surface area contributed by atoms with E-state index in [4.69, 9.17) is 5.73 Å². The number of aromatic nitrogens is 1. The van der Waals surface area contributed by atoms with Gasteiger partial charge >= 0.3 is 0 Å². The molecule has 1 aromatic carbocycles. The van der Waals surface area contributed by atoms with Gasteiger partial charge in [-0.2, -0.15) is 0 Å². The molecular formula is C11H11BrN2. The number of anilines is 1. The number of benzene rings is 1. The number of nitrogen functional groups attached to an aromatic ring is 1. The molecule has 0 amide bonds. The van der Waals surface area contributed by atoms with Crippen molar-refractivity contribution in [1.29, 1.82) is 0 Å². The van der Waals surface area contributed by atoms with Crippen molar-refractivity contribution in [2.75, 3.05) is 5.73 Å².